The fraction of sp³-hybridized carbons (Fsp3) is 0.625. The molecule has 1 aromatic rings. The summed E-state index contributed by atoms with van der Waals surface area (Å²) in [7, 11) is 2.03. The molecule has 0 unspecified atom stereocenters. The van der Waals surface area contributed by atoms with Crippen LogP contribution >= 0.6 is 31.9 Å². The fourth-order valence-electron chi connectivity index (χ4n) is 1.06. The van der Waals surface area contributed by atoms with Gasteiger partial charge in [-0.1, -0.05) is 13.3 Å². The van der Waals surface area contributed by atoms with Gasteiger partial charge < -0.3 is 17.0 Å². The molecule has 0 amide bonds. The van der Waals surface area contributed by atoms with E-state index in [1.54, 1.807) is 0 Å². The number of aryl methyl sites for hydroxylation is 2. The van der Waals surface area contributed by atoms with Crippen LogP contribution < -0.4 is 21.5 Å². The first kappa shape index (κ1) is 13.7. The van der Waals surface area contributed by atoms with Crippen LogP contribution in [0.1, 0.15) is 19.8 Å². The molecule has 1 rings (SSSR count). The van der Waals surface area contributed by atoms with Crippen molar-refractivity contribution in [2.45, 2.75) is 26.3 Å². The van der Waals surface area contributed by atoms with Gasteiger partial charge >= 0.3 is 0 Å². The van der Waals surface area contributed by atoms with E-state index >= 15 is 0 Å². The van der Waals surface area contributed by atoms with Gasteiger partial charge in [0.2, 0.25) is 15.5 Å². The molecule has 13 heavy (non-hydrogen) atoms. The Labute approximate surface area is 106 Å². The van der Waals surface area contributed by atoms with Crippen LogP contribution in [-0.4, -0.2) is 4.57 Å². The van der Waals surface area contributed by atoms with E-state index in [4.69, 9.17) is 0 Å². The highest BCUT2D eigenvalue weighted by Crippen LogP contribution is 2.19. The monoisotopic (exact) mass is 374 g/mol. The van der Waals surface area contributed by atoms with Crippen molar-refractivity contribution >= 4 is 31.9 Å². The fourth-order valence-corrected chi connectivity index (χ4v) is 1.93. The van der Waals surface area contributed by atoms with Gasteiger partial charge in [0.15, 0.2) is 0 Å². The van der Waals surface area contributed by atoms with E-state index in [0.29, 0.717) is 0 Å². The molecule has 0 atom stereocenters. The molecule has 0 radical (unpaired) electrons. The second-order valence-electron chi connectivity index (χ2n) is 2.85. The number of hydrogen-bond acceptors (Lipinski definition) is 0. The lowest BCUT2D eigenvalue weighted by Crippen LogP contribution is -3.00. The van der Waals surface area contributed by atoms with Gasteiger partial charge in [-0.3, -0.25) is 0 Å². The molecular weight excluding hydrogens is 364 g/mol. The van der Waals surface area contributed by atoms with Crippen LogP contribution in [0.25, 0.3) is 0 Å². The van der Waals surface area contributed by atoms with Crippen LogP contribution in [0.3, 0.4) is 0 Å². The van der Waals surface area contributed by atoms with Crippen molar-refractivity contribution in [3.05, 3.63) is 15.5 Å². The molecule has 0 fully saturated rings. The Kier molecular flexibility index (Phi) is 6.50. The van der Waals surface area contributed by atoms with Crippen LogP contribution in [0.4, 0.5) is 0 Å². The molecule has 76 valence electrons. The SMILES string of the molecule is CCCCn1c[n+](C)c(Br)c1Br.[Br-]. The van der Waals surface area contributed by atoms with Crippen LogP contribution in [0.15, 0.2) is 15.5 Å². The van der Waals surface area contributed by atoms with Gasteiger partial charge in [-0.25, -0.2) is 9.13 Å². The van der Waals surface area contributed by atoms with Gasteiger partial charge in [-0.2, -0.15) is 0 Å². The summed E-state index contributed by atoms with van der Waals surface area (Å²) in [5.41, 5.74) is 0. The topological polar surface area (TPSA) is 8.81 Å². The predicted molar refractivity (Wildman–Crippen MR) is 55.9 cm³/mol. The average molecular weight is 377 g/mol. The molecule has 0 spiro atoms. The minimum Gasteiger partial charge on any atom is -1.00 e. The van der Waals surface area contributed by atoms with E-state index in [1.165, 1.54) is 12.8 Å². The van der Waals surface area contributed by atoms with Gasteiger partial charge in [0, 0.05) is 31.9 Å². The minimum absolute atomic E-state index is 0. The minimum atomic E-state index is 0. The van der Waals surface area contributed by atoms with Crippen LogP contribution in [0.2, 0.25) is 0 Å². The third-order valence-electron chi connectivity index (χ3n) is 1.80. The Balaban J connectivity index is 0.00000144. The Hall–Kier alpha value is 0.650. The second-order valence-corrected chi connectivity index (χ2v) is 4.36. The first-order valence-corrected chi connectivity index (χ1v) is 5.65. The predicted octanol–water partition coefficient (Wildman–Crippen LogP) is -0.358. The molecule has 0 aliphatic heterocycles. The van der Waals surface area contributed by atoms with E-state index in [0.717, 1.165) is 15.8 Å². The smallest absolute Gasteiger partial charge is 0.245 e. The average Bonchev–Trinajstić information content (AvgIpc) is 2.30. The van der Waals surface area contributed by atoms with Crippen molar-refractivity contribution in [1.29, 1.82) is 0 Å². The van der Waals surface area contributed by atoms with E-state index in [9.17, 15) is 0 Å². The molecule has 0 saturated heterocycles. The maximum absolute atomic E-state index is 3.53. The van der Waals surface area contributed by atoms with Gasteiger partial charge in [-0.05, 0) is 6.42 Å². The number of imidazole rings is 1. The standard InChI is InChI=1S/C8H13Br2N2.BrH/c1-3-4-5-12-6-11(2)7(9)8(12)10;/h6H,3-5H2,1-2H3;1H/q+1;/p-1. The molecule has 0 aromatic carbocycles. The van der Waals surface area contributed by atoms with E-state index < -0.39 is 0 Å². The van der Waals surface area contributed by atoms with Crippen molar-refractivity contribution in [3.8, 4) is 0 Å². The summed E-state index contributed by atoms with van der Waals surface area (Å²) >= 11 is 7.01. The maximum atomic E-state index is 3.53. The van der Waals surface area contributed by atoms with Gasteiger partial charge in [0.05, 0.1) is 13.6 Å². The Morgan fingerprint density at radius 2 is 2.08 bits per heavy atom. The molecule has 0 N–H and O–H groups in total. The third kappa shape index (κ3) is 3.36. The van der Waals surface area contributed by atoms with Crippen molar-refractivity contribution in [2.24, 2.45) is 7.05 Å². The molecule has 1 heterocycles. The third-order valence-corrected chi connectivity index (χ3v) is 4.10. The molecule has 0 bridgehead atoms. The molecule has 1 aromatic heterocycles. The number of unbranched alkanes of at least 4 members (excludes halogenated alkanes) is 1. The number of nitrogens with zero attached hydrogens (tertiary/aromatic N) is 2. The van der Waals surface area contributed by atoms with Crippen molar-refractivity contribution < 1.29 is 21.5 Å². The number of hydrogen-bond donors (Lipinski definition) is 0. The van der Waals surface area contributed by atoms with E-state index in [2.05, 4.69) is 54.2 Å². The van der Waals surface area contributed by atoms with Crippen molar-refractivity contribution in [2.75, 3.05) is 0 Å². The summed E-state index contributed by atoms with van der Waals surface area (Å²) < 4.78 is 6.48. The van der Waals surface area contributed by atoms with Crippen LogP contribution in [0.5, 0.6) is 0 Å². The van der Waals surface area contributed by atoms with E-state index in [1.807, 2.05) is 7.05 Å². The Morgan fingerprint density at radius 3 is 2.46 bits per heavy atom. The highest BCUT2D eigenvalue weighted by atomic mass is 79.9. The number of aromatic nitrogens is 2. The quantitative estimate of drug-likeness (QED) is 0.637. The van der Waals surface area contributed by atoms with E-state index in [-0.39, 0.29) is 17.0 Å². The summed E-state index contributed by atoms with van der Waals surface area (Å²) in [5.74, 6) is 0. The zero-order chi connectivity index (χ0) is 9.14. The zero-order valence-electron chi connectivity index (χ0n) is 7.73. The maximum Gasteiger partial charge on any atom is 0.245 e. The lowest BCUT2D eigenvalue weighted by Gasteiger charge is -1.93. The molecule has 5 heteroatoms. The Morgan fingerprint density at radius 1 is 1.46 bits per heavy atom. The lowest BCUT2D eigenvalue weighted by atomic mass is 10.3. The van der Waals surface area contributed by atoms with Crippen LogP contribution in [0, 0.1) is 0 Å². The molecular formula is C8H13Br3N2. The summed E-state index contributed by atoms with van der Waals surface area (Å²) in [6, 6.07) is 0. The molecule has 0 aliphatic carbocycles. The highest BCUT2D eigenvalue weighted by Gasteiger charge is 2.15. The summed E-state index contributed by atoms with van der Waals surface area (Å²) in [5, 5.41) is 0. The van der Waals surface area contributed by atoms with Crippen molar-refractivity contribution in [3.63, 3.8) is 0 Å². The van der Waals surface area contributed by atoms with Crippen LogP contribution in [-0.2, 0) is 13.6 Å². The Bertz CT molecular complexity index is 271. The largest absolute Gasteiger partial charge is 1.00 e. The first-order chi connectivity index (χ1) is 5.66. The van der Waals surface area contributed by atoms with Gasteiger partial charge in [0.25, 0.3) is 0 Å². The van der Waals surface area contributed by atoms with Crippen molar-refractivity contribution in [1.82, 2.24) is 4.57 Å². The van der Waals surface area contributed by atoms with Gasteiger partial charge in [-0.15, -0.1) is 0 Å². The summed E-state index contributed by atoms with van der Waals surface area (Å²) in [4.78, 5) is 0. The summed E-state index contributed by atoms with van der Waals surface area (Å²) in [6.45, 7) is 3.28. The first-order valence-electron chi connectivity index (χ1n) is 4.06. The molecule has 2 nitrogen and oxygen atoms in total. The molecule has 0 saturated carbocycles. The molecule has 0 aliphatic rings. The normalized spacial score (nSPS) is 9.85. The zero-order valence-corrected chi connectivity index (χ0v) is 12.5. The second kappa shape index (κ2) is 6.19. The van der Waals surface area contributed by atoms with Gasteiger partial charge in [0.1, 0.15) is 0 Å². The summed E-state index contributed by atoms with van der Waals surface area (Å²) in [6.07, 6.45) is 4.54. The lowest BCUT2D eigenvalue weighted by molar-refractivity contribution is -0.682. The number of halogens is 3. The highest BCUT2D eigenvalue weighted by molar-refractivity contribution is 9.13. The number of rotatable bonds is 3.